The molecule has 2 aromatic rings. The van der Waals surface area contributed by atoms with E-state index in [9.17, 15) is 4.79 Å². The first-order valence-corrected chi connectivity index (χ1v) is 6.42. The van der Waals surface area contributed by atoms with Crippen molar-refractivity contribution in [2.75, 3.05) is 11.9 Å². The maximum absolute atomic E-state index is 11.3. The fourth-order valence-corrected chi connectivity index (χ4v) is 2.13. The van der Waals surface area contributed by atoms with Gasteiger partial charge in [0, 0.05) is 18.5 Å². The summed E-state index contributed by atoms with van der Waals surface area (Å²) >= 11 is 1.45. The highest BCUT2D eigenvalue weighted by molar-refractivity contribution is 7.13. The average molecular weight is 266 g/mol. The number of rotatable bonds is 5. The van der Waals surface area contributed by atoms with Crippen LogP contribution >= 0.6 is 11.3 Å². The summed E-state index contributed by atoms with van der Waals surface area (Å²) in [5.41, 5.74) is 0.711. The van der Waals surface area contributed by atoms with Crippen LogP contribution in [0.2, 0.25) is 0 Å². The zero-order valence-corrected chi connectivity index (χ0v) is 11.0. The second-order valence-corrected chi connectivity index (χ2v) is 4.45. The Bertz CT molecular complexity index is 535. The van der Waals surface area contributed by atoms with Gasteiger partial charge in [0.25, 0.3) is 0 Å². The van der Waals surface area contributed by atoms with Crippen LogP contribution in [0.5, 0.6) is 0 Å². The van der Waals surface area contributed by atoms with Gasteiger partial charge in [-0.25, -0.2) is 4.98 Å². The van der Waals surface area contributed by atoms with E-state index in [4.69, 9.17) is 4.74 Å². The average Bonchev–Trinajstić information content (AvgIpc) is 2.90. The summed E-state index contributed by atoms with van der Waals surface area (Å²) in [5.74, 6) is 0.599. The Labute approximate surface area is 109 Å². The van der Waals surface area contributed by atoms with Crippen molar-refractivity contribution in [3.8, 4) is 0 Å². The first-order chi connectivity index (χ1) is 8.69. The quantitative estimate of drug-likeness (QED) is 0.835. The van der Waals surface area contributed by atoms with Crippen molar-refractivity contribution in [3.05, 3.63) is 23.3 Å². The van der Waals surface area contributed by atoms with Crippen LogP contribution in [0, 0.1) is 0 Å². The highest BCUT2D eigenvalue weighted by Gasteiger charge is 2.09. The standard InChI is InChI=1S/C11H14N4O2S/c1-3-17-10(16)6-8-7-18-11(13-8)14-9-4-5-12-15(9)2/h4-5,7H,3,6H2,1-2H3,(H,13,14). The number of hydrogen-bond acceptors (Lipinski definition) is 6. The number of nitrogens with one attached hydrogen (secondary N) is 1. The molecule has 0 aromatic carbocycles. The molecule has 18 heavy (non-hydrogen) atoms. The fraction of sp³-hybridized carbons (Fsp3) is 0.364. The zero-order chi connectivity index (χ0) is 13.0. The molecule has 0 aliphatic carbocycles. The number of esters is 1. The molecule has 2 heterocycles. The van der Waals surface area contributed by atoms with Gasteiger partial charge in [0.2, 0.25) is 0 Å². The number of aromatic nitrogens is 3. The smallest absolute Gasteiger partial charge is 0.311 e. The van der Waals surface area contributed by atoms with E-state index in [1.165, 1.54) is 11.3 Å². The molecule has 0 saturated carbocycles. The van der Waals surface area contributed by atoms with Gasteiger partial charge < -0.3 is 10.1 Å². The molecule has 1 N–H and O–H groups in total. The van der Waals surface area contributed by atoms with Crippen molar-refractivity contribution in [1.82, 2.24) is 14.8 Å². The van der Waals surface area contributed by atoms with Gasteiger partial charge >= 0.3 is 5.97 Å². The summed E-state index contributed by atoms with van der Waals surface area (Å²) in [6.07, 6.45) is 1.91. The van der Waals surface area contributed by atoms with E-state index in [1.807, 2.05) is 18.5 Å². The molecule has 2 aromatic heterocycles. The highest BCUT2D eigenvalue weighted by atomic mass is 32.1. The molecule has 0 amide bonds. The molecule has 0 spiro atoms. The van der Waals surface area contributed by atoms with Crippen molar-refractivity contribution in [2.45, 2.75) is 13.3 Å². The van der Waals surface area contributed by atoms with Crippen LogP contribution < -0.4 is 5.32 Å². The lowest BCUT2D eigenvalue weighted by atomic mass is 10.3. The third kappa shape index (κ3) is 3.07. The van der Waals surface area contributed by atoms with E-state index in [1.54, 1.807) is 17.8 Å². The molecule has 0 atom stereocenters. The topological polar surface area (TPSA) is 69.0 Å². The number of aryl methyl sites for hydroxylation is 1. The monoisotopic (exact) mass is 266 g/mol. The molecule has 96 valence electrons. The number of ether oxygens (including phenoxy) is 1. The predicted molar refractivity (Wildman–Crippen MR) is 68.9 cm³/mol. The van der Waals surface area contributed by atoms with Crippen molar-refractivity contribution >= 4 is 28.3 Å². The largest absolute Gasteiger partial charge is 0.466 e. The zero-order valence-electron chi connectivity index (χ0n) is 10.2. The van der Waals surface area contributed by atoms with E-state index in [2.05, 4.69) is 15.4 Å². The molecule has 6 nitrogen and oxygen atoms in total. The van der Waals surface area contributed by atoms with Crippen LogP contribution in [0.3, 0.4) is 0 Å². The van der Waals surface area contributed by atoms with Crippen molar-refractivity contribution in [3.63, 3.8) is 0 Å². The van der Waals surface area contributed by atoms with E-state index in [0.29, 0.717) is 12.3 Å². The minimum Gasteiger partial charge on any atom is -0.466 e. The Hall–Kier alpha value is -1.89. The molecule has 0 bridgehead atoms. The number of hydrogen-bond donors (Lipinski definition) is 1. The number of carbonyl (C=O) groups excluding carboxylic acids is 1. The van der Waals surface area contributed by atoms with Gasteiger partial charge in [-0.3, -0.25) is 9.48 Å². The third-order valence-corrected chi connectivity index (χ3v) is 3.04. The Balaban J connectivity index is 1.98. The van der Waals surface area contributed by atoms with Gasteiger partial charge in [-0.05, 0) is 6.92 Å². The first kappa shape index (κ1) is 12.6. The van der Waals surface area contributed by atoms with E-state index in [0.717, 1.165) is 10.9 Å². The maximum Gasteiger partial charge on any atom is 0.311 e. The van der Waals surface area contributed by atoms with Gasteiger partial charge in [-0.15, -0.1) is 11.3 Å². The van der Waals surface area contributed by atoms with Crippen LogP contribution in [0.4, 0.5) is 10.9 Å². The molecule has 7 heteroatoms. The van der Waals surface area contributed by atoms with Crippen molar-refractivity contribution in [1.29, 1.82) is 0 Å². The van der Waals surface area contributed by atoms with Gasteiger partial charge in [0.1, 0.15) is 5.82 Å². The predicted octanol–water partition coefficient (Wildman–Crippen LogP) is 1.73. The van der Waals surface area contributed by atoms with Crippen LogP contribution in [0.25, 0.3) is 0 Å². The minimum atomic E-state index is -0.255. The molecular weight excluding hydrogens is 252 g/mol. The summed E-state index contributed by atoms with van der Waals surface area (Å²) in [4.78, 5) is 15.6. The SMILES string of the molecule is CCOC(=O)Cc1csc(Nc2ccnn2C)n1. The first-order valence-electron chi connectivity index (χ1n) is 5.54. The third-order valence-electron chi connectivity index (χ3n) is 2.24. The summed E-state index contributed by atoms with van der Waals surface area (Å²) in [6.45, 7) is 2.18. The summed E-state index contributed by atoms with van der Waals surface area (Å²) in [5, 5.41) is 9.76. The van der Waals surface area contributed by atoms with Crippen molar-refractivity contribution < 1.29 is 9.53 Å². The van der Waals surface area contributed by atoms with Crippen molar-refractivity contribution in [2.24, 2.45) is 7.05 Å². The second-order valence-electron chi connectivity index (χ2n) is 3.59. The molecule has 0 fully saturated rings. The number of nitrogens with zero attached hydrogens (tertiary/aromatic N) is 3. The van der Waals surface area contributed by atoms with E-state index < -0.39 is 0 Å². The molecule has 0 unspecified atom stereocenters. The number of thiazole rings is 1. The Kier molecular flexibility index (Phi) is 3.93. The van der Waals surface area contributed by atoms with E-state index >= 15 is 0 Å². The molecule has 2 rings (SSSR count). The minimum absolute atomic E-state index is 0.206. The number of carbonyl (C=O) groups is 1. The molecule has 0 aliphatic heterocycles. The maximum atomic E-state index is 11.3. The lowest BCUT2D eigenvalue weighted by Crippen LogP contribution is -2.07. The summed E-state index contributed by atoms with van der Waals surface area (Å²) < 4.78 is 6.59. The van der Waals surface area contributed by atoms with Crippen LogP contribution in [-0.2, 0) is 23.0 Å². The van der Waals surface area contributed by atoms with Gasteiger partial charge in [0.05, 0.1) is 24.9 Å². The van der Waals surface area contributed by atoms with Crippen LogP contribution in [0.15, 0.2) is 17.6 Å². The van der Waals surface area contributed by atoms with Crippen LogP contribution in [0.1, 0.15) is 12.6 Å². The van der Waals surface area contributed by atoms with Gasteiger partial charge in [-0.1, -0.05) is 0 Å². The van der Waals surface area contributed by atoms with E-state index in [-0.39, 0.29) is 12.4 Å². The normalized spacial score (nSPS) is 10.3. The Morgan fingerprint density at radius 2 is 2.44 bits per heavy atom. The summed E-state index contributed by atoms with van der Waals surface area (Å²) in [6, 6.07) is 1.85. The lowest BCUT2D eigenvalue weighted by Gasteiger charge is -2.01. The Morgan fingerprint density at radius 3 is 3.11 bits per heavy atom. The summed E-state index contributed by atoms with van der Waals surface area (Å²) in [7, 11) is 1.84. The Morgan fingerprint density at radius 1 is 1.61 bits per heavy atom. The molecule has 0 aliphatic rings. The lowest BCUT2D eigenvalue weighted by molar-refractivity contribution is -0.142. The second kappa shape index (κ2) is 5.63. The fourth-order valence-electron chi connectivity index (χ4n) is 1.41. The molecule has 0 saturated heterocycles. The van der Waals surface area contributed by atoms with Gasteiger partial charge in [0.15, 0.2) is 5.13 Å². The molecular formula is C11H14N4O2S. The van der Waals surface area contributed by atoms with Gasteiger partial charge in [-0.2, -0.15) is 5.10 Å². The molecule has 0 radical (unpaired) electrons. The highest BCUT2D eigenvalue weighted by Crippen LogP contribution is 2.20. The van der Waals surface area contributed by atoms with Crippen LogP contribution in [-0.4, -0.2) is 27.3 Å². The number of anilines is 2.